The quantitative estimate of drug-likeness (QED) is 0.159. The minimum absolute atomic E-state index is 0. The van der Waals surface area contributed by atoms with Crippen molar-refractivity contribution in [2.75, 3.05) is 11.6 Å². The van der Waals surface area contributed by atoms with E-state index in [0.29, 0.717) is 23.1 Å². The summed E-state index contributed by atoms with van der Waals surface area (Å²) in [5.74, 6) is 1.86. The van der Waals surface area contributed by atoms with Gasteiger partial charge in [0.05, 0.1) is 12.2 Å². The van der Waals surface area contributed by atoms with E-state index in [0.717, 1.165) is 27.7 Å². The third-order valence-corrected chi connectivity index (χ3v) is 7.49. The summed E-state index contributed by atoms with van der Waals surface area (Å²) >= 11 is 0. The van der Waals surface area contributed by atoms with E-state index in [2.05, 4.69) is 84.9 Å². The van der Waals surface area contributed by atoms with Crippen molar-refractivity contribution in [2.24, 2.45) is 5.10 Å². The molecule has 44 heavy (non-hydrogen) atoms. The summed E-state index contributed by atoms with van der Waals surface area (Å²) in [5.41, 5.74) is 7.12. The number of anilines is 1. The Labute approximate surface area is 277 Å². The molecule has 0 saturated heterocycles. The molecule has 0 aliphatic carbocycles. The van der Waals surface area contributed by atoms with Gasteiger partial charge in [0.15, 0.2) is 0 Å². The predicted octanol–water partition coefficient (Wildman–Crippen LogP) is 9.17. The van der Waals surface area contributed by atoms with Crippen molar-refractivity contribution >= 4 is 34.0 Å². The van der Waals surface area contributed by atoms with Gasteiger partial charge in [-0.2, -0.15) is 23.3 Å². The van der Waals surface area contributed by atoms with Crippen LogP contribution in [0.4, 0.5) is 5.69 Å². The molecular weight excluding hydrogens is 723 g/mol. The third kappa shape index (κ3) is 6.08. The fourth-order valence-corrected chi connectivity index (χ4v) is 5.37. The maximum atomic E-state index is 7.34. The molecule has 0 atom stereocenters. The standard InChI is InChI=1S/C21H23N2.C16H13N3O.Ir/c1-15(2)18-11-8-12-19(16(3)4)20(18)23-14-13-22-21(23)17-9-6-5-7-10-17;1-2-18-10-17-19(11-18)14-8-5-7-13-12-6-3-4-9-15(12)20-16(13)14;/h5-9,11-16H,1-4H3;3-7,9-11H,2H2,1H3;/q-1;-2;+3/i;1D3;. The average molecular weight is 762 g/mol. The van der Waals surface area contributed by atoms with E-state index in [1.807, 2.05) is 60.8 Å². The third-order valence-electron chi connectivity index (χ3n) is 7.49. The summed E-state index contributed by atoms with van der Waals surface area (Å²) in [5, 5.41) is 7.82. The first kappa shape index (κ1) is 27.4. The van der Waals surface area contributed by atoms with Gasteiger partial charge in [0, 0.05) is 33.2 Å². The van der Waals surface area contributed by atoms with Gasteiger partial charge in [0.1, 0.15) is 5.58 Å². The smallest absolute Gasteiger partial charge is 0.514 e. The largest absolute Gasteiger partial charge is 3.00 e. The Hall–Kier alpha value is -4.19. The molecule has 6 aromatic rings. The van der Waals surface area contributed by atoms with Crippen LogP contribution in [-0.4, -0.2) is 27.3 Å². The van der Waals surface area contributed by atoms with Crippen LogP contribution in [0, 0.1) is 18.8 Å². The van der Waals surface area contributed by atoms with Crippen molar-refractivity contribution in [3.05, 3.63) is 121 Å². The molecule has 7 rings (SSSR count). The van der Waals surface area contributed by atoms with Crippen LogP contribution in [0.5, 0.6) is 0 Å². The van der Waals surface area contributed by atoms with Crippen molar-refractivity contribution in [2.45, 2.75) is 46.4 Å². The summed E-state index contributed by atoms with van der Waals surface area (Å²) in [7, 11) is 0. The summed E-state index contributed by atoms with van der Waals surface area (Å²) in [4.78, 5) is 6.13. The Morgan fingerprint density at radius 2 is 1.66 bits per heavy atom. The molecule has 0 N–H and O–H groups in total. The first-order valence-corrected chi connectivity index (χ1v) is 14.5. The second-order valence-electron chi connectivity index (χ2n) is 11.0. The SMILES string of the molecule is CC(C)c1cccc(C(C)C)c1-n1ccnc1-c1[c-]cccc1.[2H]C([2H])([2H])CN1C=NN(c2[c-]ccc3c2oc2ccccc23)[CH-]1.[Ir+3]. The molecule has 6 nitrogen and oxygen atoms in total. The number of fused-ring (bicyclic) bond motifs is 3. The Balaban J connectivity index is 0.000000181. The van der Waals surface area contributed by atoms with Gasteiger partial charge in [0.25, 0.3) is 0 Å². The fraction of sp³-hybridized carbons (Fsp3) is 0.216. The number of rotatable bonds is 6. The maximum absolute atomic E-state index is 7.34. The zero-order valence-corrected chi connectivity index (χ0v) is 27.5. The van der Waals surface area contributed by atoms with Crippen molar-refractivity contribution in [1.29, 1.82) is 0 Å². The van der Waals surface area contributed by atoms with E-state index in [1.54, 1.807) is 11.7 Å². The molecule has 7 heteroatoms. The second kappa shape index (κ2) is 13.6. The van der Waals surface area contributed by atoms with Crippen LogP contribution < -0.4 is 5.01 Å². The van der Waals surface area contributed by atoms with Crippen LogP contribution in [-0.2, 0) is 20.1 Å². The fourth-order valence-electron chi connectivity index (χ4n) is 5.37. The summed E-state index contributed by atoms with van der Waals surface area (Å²) < 4.78 is 30.2. The second-order valence-corrected chi connectivity index (χ2v) is 11.0. The maximum Gasteiger partial charge on any atom is 3.00 e. The molecule has 1 aliphatic rings. The molecule has 0 unspecified atom stereocenters. The van der Waals surface area contributed by atoms with Crippen LogP contribution in [0.25, 0.3) is 39.0 Å². The van der Waals surface area contributed by atoms with Gasteiger partial charge in [-0.25, -0.2) is 0 Å². The van der Waals surface area contributed by atoms with Gasteiger partial charge in [-0.15, -0.1) is 42.6 Å². The molecule has 0 saturated carbocycles. The van der Waals surface area contributed by atoms with E-state index in [1.165, 1.54) is 28.1 Å². The molecule has 4 aromatic carbocycles. The average Bonchev–Trinajstić information content (AvgIpc) is 3.79. The zero-order chi connectivity index (χ0) is 32.4. The number of hydrogen-bond acceptors (Lipinski definition) is 5. The number of furan rings is 1. The molecule has 0 spiro atoms. The van der Waals surface area contributed by atoms with Crippen LogP contribution in [0.1, 0.15) is 61.6 Å². The van der Waals surface area contributed by atoms with Gasteiger partial charge in [0.2, 0.25) is 0 Å². The van der Waals surface area contributed by atoms with Crippen LogP contribution in [0.3, 0.4) is 0 Å². The minimum atomic E-state index is -2.05. The number of nitrogens with zero attached hydrogens (tertiary/aromatic N) is 5. The Morgan fingerprint density at radius 1 is 0.886 bits per heavy atom. The van der Waals surface area contributed by atoms with Gasteiger partial charge < -0.3 is 18.9 Å². The number of hydrogen-bond donors (Lipinski definition) is 0. The number of hydrazone groups is 1. The Morgan fingerprint density at radius 3 is 2.39 bits per heavy atom. The van der Waals surface area contributed by atoms with E-state index in [4.69, 9.17) is 8.53 Å². The summed E-state index contributed by atoms with van der Waals surface area (Å²) in [6.45, 7) is 8.46. The van der Waals surface area contributed by atoms with Crippen LogP contribution in [0.15, 0.2) is 101 Å². The monoisotopic (exact) mass is 762 g/mol. The summed E-state index contributed by atoms with van der Waals surface area (Å²) in [6.07, 6.45) is 5.42. The Bertz CT molecular complexity index is 1950. The predicted molar refractivity (Wildman–Crippen MR) is 176 cm³/mol. The molecule has 0 bridgehead atoms. The van der Waals surface area contributed by atoms with Gasteiger partial charge in [-0.3, -0.25) is 4.98 Å². The topological polar surface area (TPSA) is 49.8 Å². The first-order valence-electron chi connectivity index (χ1n) is 16.0. The minimum Gasteiger partial charge on any atom is -0.514 e. The van der Waals surface area contributed by atoms with Gasteiger partial charge in [-0.1, -0.05) is 69.5 Å². The van der Waals surface area contributed by atoms with Gasteiger partial charge >= 0.3 is 20.1 Å². The molecule has 0 amide bonds. The van der Waals surface area contributed by atoms with Crippen molar-refractivity contribution in [3.8, 4) is 17.1 Å². The van der Waals surface area contributed by atoms with Crippen molar-refractivity contribution < 1.29 is 28.6 Å². The normalized spacial score (nSPS) is 14.0. The molecular formula is C37H36IrN5O. The van der Waals surface area contributed by atoms with E-state index in [9.17, 15) is 0 Å². The number of benzene rings is 4. The molecule has 0 fully saturated rings. The van der Waals surface area contributed by atoms with Gasteiger partial charge in [-0.05, 0) is 48.1 Å². The van der Waals surface area contributed by atoms with Crippen molar-refractivity contribution in [1.82, 2.24) is 14.5 Å². The van der Waals surface area contributed by atoms with Crippen LogP contribution >= 0.6 is 0 Å². The molecule has 3 heterocycles. The molecule has 1 aliphatic heterocycles. The molecule has 0 radical (unpaired) electrons. The first-order chi connectivity index (χ1) is 22.1. The molecule has 2 aromatic heterocycles. The number of aromatic nitrogens is 2. The van der Waals surface area contributed by atoms with E-state index in [-0.39, 0.29) is 26.7 Å². The number of imidazole rings is 1. The summed E-state index contributed by atoms with van der Waals surface area (Å²) in [6, 6.07) is 32.6. The van der Waals surface area contributed by atoms with E-state index < -0.39 is 6.85 Å². The molecule has 224 valence electrons. The zero-order valence-electron chi connectivity index (χ0n) is 28.2. The number of para-hydroxylation sites is 2. The van der Waals surface area contributed by atoms with Crippen molar-refractivity contribution in [3.63, 3.8) is 0 Å². The Kier molecular flexibility index (Phi) is 8.47. The van der Waals surface area contributed by atoms with E-state index >= 15 is 0 Å². The van der Waals surface area contributed by atoms with Crippen LogP contribution in [0.2, 0.25) is 0 Å².